The van der Waals surface area contributed by atoms with Gasteiger partial charge in [-0.05, 0) is 114 Å². The molecule has 4 aromatic rings. The Bertz CT molecular complexity index is 2150. The van der Waals surface area contributed by atoms with E-state index in [2.05, 4.69) is 195 Å². The Morgan fingerprint density at radius 1 is 0.687 bits per heavy atom. The SMILES string of the molecule is C=C/C(=C\C=N)C(C)=NC(=C)C1=CC=NCCC1.C=CCNC(=C)c1ccc(-c2cccc(-c3ccccc3C(=C)C)c2)cc1-c1ccccc1C.CC.CC.CC.CCC.CCC.CCC. The lowest BCUT2D eigenvalue weighted by atomic mass is 9.90. The minimum atomic E-state index is 0.679. The highest BCUT2D eigenvalue weighted by Crippen LogP contribution is 2.36. The van der Waals surface area contributed by atoms with Crippen molar-refractivity contribution in [2.45, 2.75) is 136 Å². The van der Waals surface area contributed by atoms with Gasteiger partial charge < -0.3 is 10.7 Å². The Morgan fingerprint density at radius 3 is 1.79 bits per heavy atom. The summed E-state index contributed by atoms with van der Waals surface area (Å²) in [6.45, 7) is 52.4. The van der Waals surface area contributed by atoms with E-state index in [0.29, 0.717) is 6.54 Å². The van der Waals surface area contributed by atoms with Gasteiger partial charge in [-0.3, -0.25) is 9.98 Å². The number of aryl methyl sites for hydroxylation is 1. The molecule has 1 aliphatic rings. The highest BCUT2D eigenvalue weighted by atomic mass is 14.9. The molecule has 0 aromatic heterocycles. The van der Waals surface area contributed by atoms with Gasteiger partial charge in [-0.25, -0.2) is 0 Å². The zero-order valence-electron chi connectivity index (χ0n) is 45.0. The van der Waals surface area contributed by atoms with Crippen molar-refractivity contribution >= 4 is 29.4 Å². The van der Waals surface area contributed by atoms with E-state index in [1.807, 2.05) is 66.8 Å². The molecule has 0 amide bonds. The first-order chi connectivity index (χ1) is 32.4. The molecule has 0 bridgehead atoms. The Balaban J connectivity index is -0.00000104. The molecule has 67 heavy (non-hydrogen) atoms. The number of nitrogens with one attached hydrogen (secondary N) is 2. The van der Waals surface area contributed by atoms with Crippen LogP contribution in [0, 0.1) is 12.3 Å². The summed E-state index contributed by atoms with van der Waals surface area (Å²) in [5.41, 5.74) is 16.2. The average molecular weight is 905 g/mol. The molecular weight excluding hydrogens is 813 g/mol. The van der Waals surface area contributed by atoms with Crippen LogP contribution < -0.4 is 5.32 Å². The maximum atomic E-state index is 7.08. The van der Waals surface area contributed by atoms with Crippen LogP contribution in [0.2, 0.25) is 0 Å². The van der Waals surface area contributed by atoms with Gasteiger partial charge in [0.1, 0.15) is 0 Å². The van der Waals surface area contributed by atoms with Crippen molar-refractivity contribution < 1.29 is 0 Å². The molecule has 4 nitrogen and oxygen atoms in total. The van der Waals surface area contributed by atoms with Gasteiger partial charge >= 0.3 is 0 Å². The number of benzene rings is 4. The van der Waals surface area contributed by atoms with Crippen molar-refractivity contribution in [1.29, 1.82) is 5.41 Å². The molecule has 2 N–H and O–H groups in total. The first-order valence-electron chi connectivity index (χ1n) is 24.8. The highest BCUT2D eigenvalue weighted by molar-refractivity contribution is 6.04. The van der Waals surface area contributed by atoms with Crippen LogP contribution >= 0.6 is 0 Å². The molecule has 0 atom stereocenters. The Labute approximate surface area is 412 Å². The molecule has 5 rings (SSSR count). The fourth-order valence-corrected chi connectivity index (χ4v) is 6.02. The van der Waals surface area contributed by atoms with E-state index in [1.165, 1.54) is 70.0 Å². The van der Waals surface area contributed by atoms with Crippen LogP contribution in [0.1, 0.15) is 146 Å². The lowest BCUT2D eigenvalue weighted by Gasteiger charge is -2.17. The van der Waals surface area contributed by atoms with E-state index in [0.717, 1.165) is 58.8 Å². The number of hydrogen-bond acceptors (Lipinski definition) is 4. The normalized spacial score (nSPS) is 10.9. The van der Waals surface area contributed by atoms with Crippen LogP contribution in [-0.2, 0) is 0 Å². The molecular formula is C63H92N4. The van der Waals surface area contributed by atoms with E-state index >= 15 is 0 Å². The van der Waals surface area contributed by atoms with Gasteiger partial charge in [0, 0.05) is 42.5 Å². The van der Waals surface area contributed by atoms with E-state index in [1.54, 1.807) is 12.2 Å². The van der Waals surface area contributed by atoms with E-state index in [4.69, 9.17) is 5.41 Å². The zero-order valence-corrected chi connectivity index (χ0v) is 45.0. The number of allylic oxidation sites excluding steroid dienone is 6. The monoisotopic (exact) mass is 905 g/mol. The predicted octanol–water partition coefficient (Wildman–Crippen LogP) is 19.6. The molecule has 0 saturated heterocycles. The van der Waals surface area contributed by atoms with Crippen LogP contribution in [0.3, 0.4) is 0 Å². The van der Waals surface area contributed by atoms with Crippen LogP contribution in [-0.4, -0.2) is 31.2 Å². The number of rotatable bonds is 13. The van der Waals surface area contributed by atoms with E-state index in [-0.39, 0.29) is 0 Å². The third-order valence-electron chi connectivity index (χ3n) is 8.82. The molecule has 0 aliphatic carbocycles. The summed E-state index contributed by atoms with van der Waals surface area (Å²) in [5.74, 6) is 0. The van der Waals surface area contributed by atoms with Crippen LogP contribution in [0.4, 0.5) is 0 Å². The van der Waals surface area contributed by atoms with E-state index in [9.17, 15) is 0 Å². The first-order valence-corrected chi connectivity index (χ1v) is 24.8. The first kappa shape index (κ1) is 65.2. The molecule has 364 valence electrons. The molecule has 0 fully saturated rings. The van der Waals surface area contributed by atoms with Gasteiger partial charge in [0.15, 0.2) is 0 Å². The van der Waals surface area contributed by atoms with Gasteiger partial charge in [-0.15, -0.1) is 6.58 Å². The minimum absolute atomic E-state index is 0.679. The fourth-order valence-electron chi connectivity index (χ4n) is 6.02. The number of aliphatic imine (C=N–C) groups is 2. The summed E-state index contributed by atoms with van der Waals surface area (Å²) in [7, 11) is 0. The molecule has 0 saturated carbocycles. The van der Waals surface area contributed by atoms with Gasteiger partial charge in [0.05, 0.1) is 5.70 Å². The maximum Gasteiger partial charge on any atom is 0.0593 e. The molecule has 4 aromatic carbocycles. The fraction of sp³-hybridized carbons (Fsp3) is 0.349. The number of hydrogen-bond donors (Lipinski definition) is 2. The summed E-state index contributed by atoms with van der Waals surface area (Å²) in [6, 6.07) is 32.3. The van der Waals surface area contributed by atoms with Crippen molar-refractivity contribution in [2.24, 2.45) is 9.98 Å². The standard InChI is InChI=1S/C33H31N.C15H19N3.3C3H8.3C2H6/c1-6-20-34-25(5)31-19-18-27(22-33(31)30-16-8-7-12-24(30)4)26-13-11-14-28(21-26)32-17-10-9-15-29(32)23(2)3;1-4-14(7-9-16)12(2)18-13(3)15-6-5-10-17-11-8-15;3*1-3-2;3*1-2/h6-19,21-22,34H,1-2,5,20H2,3-4H3;4,7-9,11,16H,1,3,5-6,10H2,2H3;3*3H2,1-2H3;3*1-2H3/b;14-7+,16-9?,18-12?;;;;;;. The maximum absolute atomic E-state index is 7.08. The van der Waals surface area contributed by atoms with Gasteiger partial charge in [0.25, 0.3) is 0 Å². The minimum Gasteiger partial charge on any atom is -0.382 e. The molecule has 0 radical (unpaired) electrons. The summed E-state index contributed by atoms with van der Waals surface area (Å²) in [5, 5.41) is 10.4. The summed E-state index contributed by atoms with van der Waals surface area (Å²) in [4.78, 5) is 8.70. The van der Waals surface area contributed by atoms with Crippen LogP contribution in [0.25, 0.3) is 44.7 Å². The Morgan fingerprint density at radius 2 is 1.24 bits per heavy atom. The Kier molecular flexibility index (Phi) is 41.3. The van der Waals surface area contributed by atoms with Crippen LogP contribution in [0.5, 0.6) is 0 Å². The molecule has 1 heterocycles. The lowest BCUT2D eigenvalue weighted by Crippen LogP contribution is -2.11. The molecule has 4 heteroatoms. The van der Waals surface area contributed by atoms with Crippen molar-refractivity contribution in [3.63, 3.8) is 0 Å². The predicted molar refractivity (Wildman–Crippen MR) is 311 cm³/mol. The van der Waals surface area contributed by atoms with E-state index < -0.39 is 0 Å². The van der Waals surface area contributed by atoms with Crippen molar-refractivity contribution in [3.8, 4) is 33.4 Å². The Hall–Kier alpha value is -6.13. The highest BCUT2D eigenvalue weighted by Gasteiger charge is 2.13. The second-order valence-corrected chi connectivity index (χ2v) is 14.7. The third kappa shape index (κ3) is 25.4. The van der Waals surface area contributed by atoms with Gasteiger partial charge in [-0.2, -0.15) is 0 Å². The van der Waals surface area contributed by atoms with Crippen molar-refractivity contribution in [2.75, 3.05) is 13.1 Å². The van der Waals surface area contributed by atoms with Gasteiger partial charge in [-0.1, -0.05) is 225 Å². The topological polar surface area (TPSA) is 60.6 Å². The second-order valence-electron chi connectivity index (χ2n) is 14.7. The summed E-state index contributed by atoms with van der Waals surface area (Å²) in [6.07, 6.45) is 16.0. The van der Waals surface area contributed by atoms with Crippen LogP contribution in [0.15, 0.2) is 175 Å². The average Bonchev–Trinajstić information content (AvgIpc) is 3.66. The molecule has 0 spiro atoms. The smallest absolute Gasteiger partial charge is 0.0593 e. The quantitative estimate of drug-likeness (QED) is 0.0784. The van der Waals surface area contributed by atoms with Gasteiger partial charge in [0.2, 0.25) is 0 Å². The van der Waals surface area contributed by atoms with Crippen molar-refractivity contribution in [1.82, 2.24) is 5.32 Å². The lowest BCUT2D eigenvalue weighted by molar-refractivity contribution is 0.839. The zero-order chi connectivity index (χ0) is 51.6. The van der Waals surface area contributed by atoms with Crippen molar-refractivity contribution in [3.05, 3.63) is 182 Å². The molecule has 0 unspecified atom stereocenters. The second kappa shape index (κ2) is 42.5. The number of nitrogens with zero attached hydrogens (tertiary/aromatic N) is 2. The largest absolute Gasteiger partial charge is 0.382 e. The molecule has 1 aliphatic heterocycles. The third-order valence-corrected chi connectivity index (χ3v) is 8.82. The summed E-state index contributed by atoms with van der Waals surface area (Å²) >= 11 is 0. The summed E-state index contributed by atoms with van der Waals surface area (Å²) < 4.78 is 0.